The number of fused-ring (bicyclic) bond motifs is 1. The van der Waals surface area contributed by atoms with Crippen molar-refractivity contribution in [2.45, 2.75) is 53.0 Å². The van der Waals surface area contributed by atoms with Gasteiger partial charge in [0.25, 0.3) is 5.91 Å². The van der Waals surface area contributed by atoms with Crippen LogP contribution in [0.2, 0.25) is 0 Å². The number of alkyl halides is 1. The third-order valence-corrected chi connectivity index (χ3v) is 11.1. The van der Waals surface area contributed by atoms with Crippen LogP contribution in [0.1, 0.15) is 32.1 Å². The summed E-state index contributed by atoms with van der Waals surface area (Å²) in [5.41, 5.74) is 0.682. The van der Waals surface area contributed by atoms with Crippen molar-refractivity contribution in [3.63, 3.8) is 0 Å². The number of thioether (sulfide) groups is 1. The van der Waals surface area contributed by atoms with E-state index in [2.05, 4.69) is 29.1 Å². The minimum absolute atomic E-state index is 0.0259. The molecule has 212 valence electrons. The van der Waals surface area contributed by atoms with Crippen LogP contribution in [0.25, 0.3) is 0 Å². The normalized spacial score (nSPS) is 28.7. The van der Waals surface area contributed by atoms with E-state index in [4.69, 9.17) is 9.47 Å². The Kier molecular flexibility index (Phi) is 9.82. The molecule has 0 aliphatic carbocycles. The lowest BCUT2D eigenvalue weighted by Crippen LogP contribution is -2.55. The van der Waals surface area contributed by atoms with E-state index in [-0.39, 0.29) is 47.6 Å². The largest absolute Gasteiger partial charge is 0.497 e. The van der Waals surface area contributed by atoms with Crippen LogP contribution in [0.5, 0.6) is 5.75 Å². The number of unbranched alkanes of at least 4 members (excludes halogenated alkanes) is 2. The van der Waals surface area contributed by atoms with Gasteiger partial charge in [-0.15, -0.1) is 24.9 Å². The van der Waals surface area contributed by atoms with Gasteiger partial charge in [-0.3, -0.25) is 14.4 Å². The van der Waals surface area contributed by atoms with Crippen molar-refractivity contribution < 1.29 is 29.0 Å². The number of methoxy groups -OCH3 is 1. The van der Waals surface area contributed by atoms with Crippen molar-refractivity contribution in [1.82, 2.24) is 4.90 Å². The van der Waals surface area contributed by atoms with Crippen molar-refractivity contribution in [3.05, 3.63) is 49.6 Å². The first-order chi connectivity index (χ1) is 18.8. The molecule has 1 N–H and O–H groups in total. The number of halogens is 1. The molecule has 39 heavy (non-hydrogen) atoms. The molecule has 1 aromatic carbocycles. The van der Waals surface area contributed by atoms with Gasteiger partial charge in [0.15, 0.2) is 0 Å². The lowest BCUT2D eigenvalue weighted by Gasteiger charge is -2.37. The molecule has 2 bridgehead atoms. The Morgan fingerprint density at radius 1 is 1.23 bits per heavy atom. The van der Waals surface area contributed by atoms with Gasteiger partial charge in [-0.1, -0.05) is 28.1 Å². The standard InChI is InChI=1S/C29H37BrN2O6S/c1-4-6-17-38-28(36)22-23-26(34)32(15-8-7-9-16-33)25(29(23)18-21(30)24(22)39-29)27(35)31(14-5-2)19-10-12-20(37-3)13-11-19/h4-5,10-13,21-25,33H,1-2,6-9,14-18H2,3H3/t21?,22-,23+,24-,25?,29?/m1/s1. The van der Waals surface area contributed by atoms with Crippen molar-refractivity contribution in [2.75, 3.05) is 38.3 Å². The van der Waals surface area contributed by atoms with Gasteiger partial charge < -0.3 is 24.4 Å². The second-order valence-electron chi connectivity index (χ2n) is 10.2. The maximum absolute atomic E-state index is 14.5. The molecular formula is C29H37BrN2O6S. The first-order valence-corrected chi connectivity index (χ1v) is 15.2. The van der Waals surface area contributed by atoms with E-state index in [1.54, 1.807) is 53.0 Å². The van der Waals surface area contributed by atoms with Gasteiger partial charge in [0, 0.05) is 35.5 Å². The average molecular weight is 622 g/mol. The van der Waals surface area contributed by atoms with Crippen molar-refractivity contribution in [1.29, 1.82) is 0 Å². The molecule has 1 spiro atoms. The van der Waals surface area contributed by atoms with Gasteiger partial charge in [0.05, 0.1) is 30.3 Å². The Balaban J connectivity index is 1.72. The molecule has 3 heterocycles. The molecule has 10 heteroatoms. The second-order valence-corrected chi connectivity index (χ2v) is 12.9. The van der Waals surface area contributed by atoms with E-state index in [0.29, 0.717) is 43.7 Å². The van der Waals surface area contributed by atoms with Crippen LogP contribution in [-0.4, -0.2) is 82.1 Å². The zero-order valence-corrected chi connectivity index (χ0v) is 24.7. The Bertz CT molecular complexity index is 1080. The number of hydrogen-bond acceptors (Lipinski definition) is 7. The molecule has 3 unspecified atom stereocenters. The number of ether oxygens (including phenoxy) is 2. The van der Waals surface area contributed by atoms with Gasteiger partial charge in [-0.2, -0.15) is 0 Å². The SMILES string of the molecule is C=CCCOC(=O)[C@H]1[C@@H]2SC3(CC2Br)C(C(=O)N(CC=C)c2ccc(OC)cc2)N(CCCCCO)C(=O)[C@H]13. The zero-order valence-electron chi connectivity index (χ0n) is 22.3. The monoisotopic (exact) mass is 620 g/mol. The smallest absolute Gasteiger partial charge is 0.310 e. The first kappa shape index (κ1) is 29.7. The van der Waals surface area contributed by atoms with Crippen LogP contribution in [0, 0.1) is 11.8 Å². The molecular weight excluding hydrogens is 584 g/mol. The van der Waals surface area contributed by atoms with E-state index >= 15 is 0 Å². The van der Waals surface area contributed by atoms with Crippen LogP contribution < -0.4 is 9.64 Å². The van der Waals surface area contributed by atoms with Gasteiger partial charge >= 0.3 is 5.97 Å². The number of carbonyl (C=O) groups is 3. The number of likely N-dealkylation sites (tertiary alicyclic amines) is 1. The summed E-state index contributed by atoms with van der Waals surface area (Å²) in [5.74, 6) is -1.32. The Morgan fingerprint density at radius 3 is 2.62 bits per heavy atom. The molecule has 0 radical (unpaired) electrons. The van der Waals surface area contributed by atoms with Gasteiger partial charge in [-0.25, -0.2) is 0 Å². The van der Waals surface area contributed by atoms with E-state index in [0.717, 1.165) is 6.42 Å². The Labute approximate surface area is 242 Å². The minimum Gasteiger partial charge on any atom is -0.497 e. The second kappa shape index (κ2) is 12.9. The summed E-state index contributed by atoms with van der Waals surface area (Å²) in [4.78, 5) is 45.3. The fraction of sp³-hybridized carbons (Fsp3) is 0.552. The van der Waals surface area contributed by atoms with Crippen LogP contribution in [0.4, 0.5) is 5.69 Å². The number of benzene rings is 1. The number of aliphatic hydroxyl groups excluding tert-OH is 1. The maximum atomic E-state index is 14.5. The van der Waals surface area contributed by atoms with Gasteiger partial charge in [0.1, 0.15) is 11.8 Å². The van der Waals surface area contributed by atoms with E-state index < -0.39 is 22.6 Å². The molecule has 0 saturated carbocycles. The summed E-state index contributed by atoms with van der Waals surface area (Å²) in [6.45, 7) is 8.50. The highest BCUT2D eigenvalue weighted by molar-refractivity contribution is 9.09. The van der Waals surface area contributed by atoms with Crippen LogP contribution in [0.3, 0.4) is 0 Å². The third-order valence-electron chi connectivity index (χ3n) is 7.88. The molecule has 4 rings (SSSR count). The van der Waals surface area contributed by atoms with Crippen molar-refractivity contribution in [3.8, 4) is 5.75 Å². The summed E-state index contributed by atoms with van der Waals surface area (Å²) in [6, 6.07) is 6.50. The van der Waals surface area contributed by atoms with Gasteiger partial charge in [0.2, 0.25) is 5.91 Å². The van der Waals surface area contributed by atoms with Gasteiger partial charge in [-0.05, 0) is 56.4 Å². The first-order valence-electron chi connectivity index (χ1n) is 13.4. The summed E-state index contributed by atoms with van der Waals surface area (Å²) in [5, 5.41) is 9.09. The molecule has 2 amide bonds. The Hall–Kier alpha value is -2.30. The number of amides is 2. The van der Waals surface area contributed by atoms with Crippen molar-refractivity contribution >= 4 is 51.2 Å². The van der Waals surface area contributed by atoms with Crippen LogP contribution in [-0.2, 0) is 19.1 Å². The lowest BCUT2D eigenvalue weighted by molar-refractivity contribution is -0.154. The maximum Gasteiger partial charge on any atom is 0.310 e. The summed E-state index contributed by atoms with van der Waals surface area (Å²) >= 11 is 5.37. The third kappa shape index (κ3) is 5.52. The lowest BCUT2D eigenvalue weighted by atomic mass is 9.71. The summed E-state index contributed by atoms with van der Waals surface area (Å²) in [7, 11) is 1.59. The molecule has 3 aliphatic rings. The minimum atomic E-state index is -0.752. The van der Waals surface area contributed by atoms with E-state index in [9.17, 15) is 19.5 Å². The number of anilines is 1. The predicted molar refractivity (Wildman–Crippen MR) is 156 cm³/mol. The molecule has 1 aromatic rings. The number of hydrogen-bond donors (Lipinski definition) is 1. The fourth-order valence-corrected chi connectivity index (χ4v) is 9.78. The molecule has 0 aromatic heterocycles. The van der Waals surface area contributed by atoms with Crippen LogP contribution >= 0.6 is 27.7 Å². The number of nitrogens with zero attached hydrogens (tertiary/aromatic N) is 2. The average Bonchev–Trinajstić information content (AvgIpc) is 3.53. The fourth-order valence-electron chi connectivity index (χ4n) is 6.19. The quantitative estimate of drug-likeness (QED) is 0.146. The topological polar surface area (TPSA) is 96.4 Å². The highest BCUT2D eigenvalue weighted by atomic mass is 79.9. The number of aliphatic hydroxyl groups is 1. The Morgan fingerprint density at radius 2 is 1.97 bits per heavy atom. The summed E-state index contributed by atoms with van der Waals surface area (Å²) < 4.78 is 10.1. The highest BCUT2D eigenvalue weighted by Crippen LogP contribution is 2.68. The zero-order chi connectivity index (χ0) is 28.2. The molecule has 8 nitrogen and oxygen atoms in total. The van der Waals surface area contributed by atoms with Crippen LogP contribution in [0.15, 0.2) is 49.6 Å². The predicted octanol–water partition coefficient (Wildman–Crippen LogP) is 3.96. The summed E-state index contributed by atoms with van der Waals surface area (Å²) in [6.07, 6.45) is 6.51. The number of esters is 1. The van der Waals surface area contributed by atoms with E-state index in [1.807, 2.05) is 12.1 Å². The number of rotatable bonds is 14. The molecule has 3 fully saturated rings. The van der Waals surface area contributed by atoms with Crippen molar-refractivity contribution in [2.24, 2.45) is 11.8 Å². The highest BCUT2D eigenvalue weighted by Gasteiger charge is 2.76. The molecule has 3 saturated heterocycles. The molecule has 3 aliphatic heterocycles. The number of carbonyl (C=O) groups excluding carboxylic acids is 3. The van der Waals surface area contributed by atoms with E-state index in [1.165, 1.54) is 0 Å². The molecule has 6 atom stereocenters.